The lowest BCUT2D eigenvalue weighted by Gasteiger charge is -2.40. The molecule has 0 saturated carbocycles. The predicted octanol–water partition coefficient (Wildman–Crippen LogP) is 4.71. The van der Waals surface area contributed by atoms with Crippen LogP contribution >= 0.6 is 0 Å². The molecular formula is C28H61NO3Si6. The summed E-state index contributed by atoms with van der Waals surface area (Å²) in [6.45, 7) is 38.4. The van der Waals surface area contributed by atoms with Gasteiger partial charge < -0.3 is 12.3 Å². The smallest absolute Gasteiger partial charge is 0.205 e. The lowest BCUT2D eigenvalue weighted by molar-refractivity contribution is 0.545. The molecule has 0 atom stereocenters. The largest absolute Gasteiger partial charge is 0.457 e. The highest BCUT2D eigenvalue weighted by Crippen LogP contribution is 2.26. The van der Waals surface area contributed by atoms with Crippen molar-refractivity contribution in [3.05, 3.63) is 17.7 Å². The van der Waals surface area contributed by atoms with Gasteiger partial charge in [0, 0.05) is 12.8 Å². The van der Waals surface area contributed by atoms with Crippen molar-refractivity contribution in [3.8, 4) is 0 Å². The molecule has 1 aromatic rings. The van der Waals surface area contributed by atoms with Crippen LogP contribution in [0.25, 0.3) is 0 Å². The minimum absolute atomic E-state index is 0.253. The first-order valence-corrected chi connectivity index (χ1v) is 27.1. The zero-order valence-corrected chi connectivity index (χ0v) is 35.2. The average Bonchev–Trinajstić information content (AvgIpc) is 2.73. The molecule has 1 aromatic carbocycles. The van der Waals surface area contributed by atoms with Gasteiger partial charge in [0.1, 0.15) is 0 Å². The van der Waals surface area contributed by atoms with Crippen LogP contribution in [-0.4, -0.2) is 67.0 Å². The summed E-state index contributed by atoms with van der Waals surface area (Å²) < 4.78 is 21.1. The molecule has 0 saturated heterocycles. The lowest BCUT2D eigenvalue weighted by Crippen LogP contribution is -2.71. The third-order valence-electron chi connectivity index (χ3n) is 6.25. The zero-order chi connectivity index (χ0) is 29.8. The summed E-state index contributed by atoms with van der Waals surface area (Å²) in [6.07, 6.45) is 3.15. The fourth-order valence-electron chi connectivity index (χ4n) is 4.05. The van der Waals surface area contributed by atoms with Gasteiger partial charge in [-0.2, -0.15) is 0 Å². The first kappa shape index (κ1) is 36.1. The monoisotopic (exact) mass is 627 g/mol. The van der Waals surface area contributed by atoms with Gasteiger partial charge in [-0.1, -0.05) is 81.4 Å². The molecule has 220 valence electrons. The van der Waals surface area contributed by atoms with Gasteiger partial charge in [-0.3, -0.25) is 4.99 Å². The van der Waals surface area contributed by atoms with E-state index in [0.29, 0.717) is 0 Å². The number of rotatable bonds is 12. The van der Waals surface area contributed by atoms with Crippen molar-refractivity contribution in [3.63, 3.8) is 0 Å². The first-order valence-electron chi connectivity index (χ1n) is 14.5. The number of hydrogen-bond donors (Lipinski definition) is 0. The second kappa shape index (κ2) is 13.4. The molecule has 0 spiro atoms. The van der Waals surface area contributed by atoms with Gasteiger partial charge in [0.05, 0.1) is 0 Å². The van der Waals surface area contributed by atoms with Gasteiger partial charge in [-0.25, -0.2) is 0 Å². The fraction of sp³-hybridized carbons (Fsp3) is 0.750. The third-order valence-corrected chi connectivity index (χ3v) is 24.9. The van der Waals surface area contributed by atoms with Crippen LogP contribution in [0.5, 0.6) is 0 Å². The Morgan fingerprint density at radius 1 is 0.658 bits per heavy atom. The zero-order valence-electron chi connectivity index (χ0n) is 27.9. The van der Waals surface area contributed by atoms with Crippen LogP contribution in [0.3, 0.4) is 0 Å². The van der Waals surface area contributed by atoms with Gasteiger partial charge in [-0.15, -0.1) is 0 Å². The van der Waals surface area contributed by atoms with E-state index in [1.807, 2.05) is 0 Å². The maximum absolute atomic E-state index is 7.08. The molecule has 0 N–H and O–H groups in total. The van der Waals surface area contributed by atoms with Gasteiger partial charge in [0.15, 0.2) is 29.3 Å². The molecule has 0 radical (unpaired) electrons. The predicted molar refractivity (Wildman–Crippen MR) is 189 cm³/mol. The maximum Gasteiger partial charge on any atom is 0.205 e. The number of hydrogen-bond acceptors (Lipinski definition) is 4. The molecule has 0 aliphatic carbocycles. The van der Waals surface area contributed by atoms with Crippen LogP contribution < -0.4 is 15.6 Å². The highest BCUT2D eigenvalue weighted by atomic mass is 28.4. The molecule has 38 heavy (non-hydrogen) atoms. The highest BCUT2D eigenvalue weighted by molar-refractivity contribution is 7.02. The van der Waals surface area contributed by atoms with E-state index in [4.69, 9.17) is 17.3 Å². The van der Waals surface area contributed by atoms with Crippen LogP contribution in [0.2, 0.25) is 54.4 Å². The molecule has 0 aliphatic heterocycles. The molecule has 0 aliphatic rings. The second-order valence-corrected chi connectivity index (χ2v) is 37.4. The van der Waals surface area contributed by atoms with Crippen molar-refractivity contribution in [2.45, 2.75) is 130 Å². The van der Waals surface area contributed by atoms with E-state index in [0.717, 1.165) is 13.0 Å². The summed E-state index contributed by atoms with van der Waals surface area (Å²) in [4.78, 5) is 4.77. The SMILES string of the molecule is CCCN=Cc1cc([Si](C)(C)O[SiH2]C(C)(C)C)c([Si](C)(C)O[SiH2]C(C)(C)C)c([Si](C)(C)O[SiH2]C(C)(C)C)c1. The number of aliphatic imine (C=N–C) groups is 1. The Hall–Kier alpha value is 0.0713. The fourth-order valence-corrected chi connectivity index (χ4v) is 23.1. The Morgan fingerprint density at radius 3 is 1.32 bits per heavy atom. The van der Waals surface area contributed by atoms with Crippen molar-refractivity contribution >= 4 is 76.0 Å². The molecule has 10 heteroatoms. The van der Waals surface area contributed by atoms with Crippen molar-refractivity contribution in [1.82, 2.24) is 0 Å². The van der Waals surface area contributed by atoms with E-state index in [9.17, 15) is 0 Å². The molecule has 0 unspecified atom stereocenters. The van der Waals surface area contributed by atoms with E-state index in [1.165, 1.54) is 21.1 Å². The van der Waals surface area contributed by atoms with Crippen LogP contribution in [0.15, 0.2) is 17.1 Å². The topological polar surface area (TPSA) is 40.0 Å². The van der Waals surface area contributed by atoms with E-state index in [1.54, 1.807) is 0 Å². The highest BCUT2D eigenvalue weighted by Gasteiger charge is 2.43. The molecule has 0 amide bonds. The standard InChI is InChI=1S/C28H61NO3Si6/c1-17-18-29-21-22-19-23(36(11,12)30-33-26(2,3)4)25(38(15,16)32-35-28(8,9)10)24(20-22)37(13,14)31-34-27(5,6)7/h19-21H,17-18,33-35H2,1-16H3. The van der Waals surface area contributed by atoms with E-state index >= 15 is 0 Å². The molecule has 0 fully saturated rings. The molecule has 0 heterocycles. The number of nitrogens with zero attached hydrogens (tertiary/aromatic N) is 1. The Labute approximate surface area is 246 Å². The summed E-state index contributed by atoms with van der Waals surface area (Å²) in [5.41, 5.74) is 1.20. The minimum Gasteiger partial charge on any atom is -0.457 e. The summed E-state index contributed by atoms with van der Waals surface area (Å²) >= 11 is 0. The van der Waals surface area contributed by atoms with E-state index < -0.39 is 54.2 Å². The summed E-state index contributed by atoms with van der Waals surface area (Å²) in [5.74, 6) is 0. The van der Waals surface area contributed by atoms with Crippen LogP contribution in [0.4, 0.5) is 0 Å². The Kier molecular flexibility index (Phi) is 12.7. The Bertz CT molecular complexity index is 890. The molecule has 4 nitrogen and oxygen atoms in total. The molecule has 0 bridgehead atoms. The van der Waals surface area contributed by atoms with Crippen molar-refractivity contribution < 1.29 is 12.3 Å². The minimum atomic E-state index is -2.25. The van der Waals surface area contributed by atoms with Crippen molar-refractivity contribution in [2.24, 2.45) is 4.99 Å². The third kappa shape index (κ3) is 12.3. The Morgan fingerprint density at radius 2 is 1.00 bits per heavy atom. The Balaban J connectivity index is 3.98. The van der Waals surface area contributed by atoms with Crippen molar-refractivity contribution in [2.75, 3.05) is 6.54 Å². The average molecular weight is 628 g/mol. The lowest BCUT2D eigenvalue weighted by atomic mass is 10.2. The molecule has 0 aromatic heterocycles. The van der Waals surface area contributed by atoms with Crippen molar-refractivity contribution in [1.29, 1.82) is 0 Å². The molecule has 1 rings (SSSR count). The van der Waals surface area contributed by atoms with Gasteiger partial charge in [-0.05, 0) is 81.9 Å². The number of benzene rings is 1. The van der Waals surface area contributed by atoms with Gasteiger partial charge >= 0.3 is 0 Å². The molecular weight excluding hydrogens is 567 g/mol. The normalized spacial score (nSPS) is 15.5. The van der Waals surface area contributed by atoms with Crippen LogP contribution in [-0.2, 0) is 12.3 Å². The van der Waals surface area contributed by atoms with Crippen LogP contribution in [0, 0.1) is 0 Å². The van der Waals surface area contributed by atoms with Crippen LogP contribution in [0.1, 0.15) is 81.2 Å². The first-order chi connectivity index (χ1) is 16.9. The van der Waals surface area contributed by atoms with E-state index in [2.05, 4.69) is 127 Å². The maximum atomic E-state index is 7.08. The summed E-state index contributed by atoms with van der Waals surface area (Å²) in [6, 6.07) is 4.84. The van der Waals surface area contributed by atoms with Gasteiger partial charge in [0.2, 0.25) is 25.0 Å². The summed E-state index contributed by atoms with van der Waals surface area (Å²) in [5, 5.41) is 5.12. The second-order valence-electron chi connectivity index (χ2n) is 16.1. The van der Waals surface area contributed by atoms with Gasteiger partial charge in [0.25, 0.3) is 0 Å². The summed E-state index contributed by atoms with van der Waals surface area (Å²) in [7, 11) is -8.80. The van der Waals surface area contributed by atoms with E-state index in [-0.39, 0.29) is 15.1 Å². The quantitative estimate of drug-likeness (QED) is 0.249.